The van der Waals surface area contributed by atoms with Gasteiger partial charge < -0.3 is 10.6 Å². The summed E-state index contributed by atoms with van der Waals surface area (Å²) in [5, 5.41) is 0. The molecule has 0 bridgehead atoms. The molecule has 0 fully saturated rings. The number of halogens is 3. The maximum absolute atomic E-state index is 12.7. The molecule has 3 nitrogen and oxygen atoms in total. The van der Waals surface area contributed by atoms with Gasteiger partial charge in [0, 0.05) is 12.6 Å². The van der Waals surface area contributed by atoms with E-state index in [2.05, 4.69) is 0 Å². The van der Waals surface area contributed by atoms with Crippen LogP contribution in [0.15, 0.2) is 42.5 Å². The number of carbonyl (C=O) groups is 1. The minimum atomic E-state index is -4.42. The first kappa shape index (κ1) is 15.6. The third-order valence-corrected chi connectivity index (χ3v) is 3.33. The number of alkyl halides is 3. The van der Waals surface area contributed by atoms with Crippen LogP contribution in [0.1, 0.15) is 12.0 Å². The van der Waals surface area contributed by atoms with Gasteiger partial charge in [0.25, 0.3) is 0 Å². The summed E-state index contributed by atoms with van der Waals surface area (Å²) in [5.74, 6) is -1.09. The third-order valence-electron chi connectivity index (χ3n) is 3.33. The SMILES string of the molecule is NC1C=CC(C(=O)N(Cc2ccccc2)CC(F)(F)F)C1. The molecule has 0 spiro atoms. The maximum atomic E-state index is 12.7. The second-order valence-corrected chi connectivity index (χ2v) is 5.19. The molecule has 1 aliphatic carbocycles. The minimum Gasteiger partial charge on any atom is -0.329 e. The summed E-state index contributed by atoms with van der Waals surface area (Å²) in [6, 6.07) is 8.38. The van der Waals surface area contributed by atoms with Crippen LogP contribution in [0.5, 0.6) is 0 Å². The number of carbonyl (C=O) groups excluding carboxylic acids is 1. The highest BCUT2D eigenvalue weighted by Gasteiger charge is 2.36. The van der Waals surface area contributed by atoms with Crippen LogP contribution in [-0.4, -0.2) is 29.6 Å². The standard InChI is InChI=1S/C15H17F3N2O/c16-15(17,18)10-20(9-11-4-2-1-3-5-11)14(21)12-6-7-13(19)8-12/h1-7,12-13H,8-10,19H2. The van der Waals surface area contributed by atoms with Gasteiger partial charge in [-0.1, -0.05) is 42.5 Å². The quantitative estimate of drug-likeness (QED) is 0.868. The van der Waals surface area contributed by atoms with Crippen molar-refractivity contribution in [1.82, 2.24) is 4.90 Å². The van der Waals surface area contributed by atoms with Crippen molar-refractivity contribution < 1.29 is 18.0 Å². The summed E-state index contributed by atoms with van der Waals surface area (Å²) >= 11 is 0. The predicted molar refractivity (Wildman–Crippen MR) is 73.1 cm³/mol. The summed E-state index contributed by atoms with van der Waals surface area (Å²) in [7, 11) is 0. The van der Waals surface area contributed by atoms with Gasteiger partial charge in [-0.25, -0.2) is 0 Å². The largest absolute Gasteiger partial charge is 0.406 e. The van der Waals surface area contributed by atoms with Gasteiger partial charge in [0.1, 0.15) is 6.54 Å². The average Bonchev–Trinajstić information content (AvgIpc) is 2.83. The topological polar surface area (TPSA) is 46.3 Å². The zero-order valence-electron chi connectivity index (χ0n) is 11.4. The van der Waals surface area contributed by atoms with Gasteiger partial charge in [-0.15, -0.1) is 0 Å². The molecule has 2 unspecified atom stereocenters. The summed E-state index contributed by atoms with van der Waals surface area (Å²) in [4.78, 5) is 13.1. The van der Waals surface area contributed by atoms with Crippen molar-refractivity contribution in [2.24, 2.45) is 11.7 Å². The molecule has 2 rings (SSSR count). The highest BCUT2D eigenvalue weighted by Crippen LogP contribution is 2.24. The highest BCUT2D eigenvalue weighted by molar-refractivity contribution is 5.81. The predicted octanol–water partition coefficient (Wildman–Crippen LogP) is 2.48. The Morgan fingerprint density at radius 2 is 1.90 bits per heavy atom. The van der Waals surface area contributed by atoms with Crippen LogP contribution in [0.2, 0.25) is 0 Å². The lowest BCUT2D eigenvalue weighted by Gasteiger charge is -2.26. The minimum absolute atomic E-state index is 0.0568. The van der Waals surface area contributed by atoms with Crippen LogP contribution >= 0.6 is 0 Å². The van der Waals surface area contributed by atoms with E-state index in [1.165, 1.54) is 0 Å². The van der Waals surface area contributed by atoms with Gasteiger partial charge in [0.15, 0.2) is 0 Å². The first-order valence-corrected chi connectivity index (χ1v) is 6.68. The fourth-order valence-corrected chi connectivity index (χ4v) is 2.38. The highest BCUT2D eigenvalue weighted by atomic mass is 19.4. The molecule has 6 heteroatoms. The molecule has 21 heavy (non-hydrogen) atoms. The molecule has 0 aromatic heterocycles. The van der Waals surface area contributed by atoms with Crippen LogP contribution in [0.3, 0.4) is 0 Å². The van der Waals surface area contributed by atoms with Gasteiger partial charge >= 0.3 is 6.18 Å². The zero-order chi connectivity index (χ0) is 15.5. The number of nitrogens with two attached hydrogens (primary N) is 1. The van der Waals surface area contributed by atoms with Crippen molar-refractivity contribution in [2.75, 3.05) is 6.54 Å². The van der Waals surface area contributed by atoms with E-state index in [9.17, 15) is 18.0 Å². The summed E-state index contributed by atoms with van der Waals surface area (Å²) < 4.78 is 38.1. The molecule has 1 aliphatic rings. The van der Waals surface area contributed by atoms with E-state index < -0.39 is 24.5 Å². The van der Waals surface area contributed by atoms with Gasteiger partial charge in [-0.2, -0.15) is 13.2 Å². The van der Waals surface area contributed by atoms with Crippen LogP contribution in [0.25, 0.3) is 0 Å². The molecule has 0 saturated heterocycles. The lowest BCUT2D eigenvalue weighted by atomic mass is 10.1. The van der Waals surface area contributed by atoms with Gasteiger partial charge in [0.05, 0.1) is 5.92 Å². The molecular formula is C15H17F3N2O. The molecule has 1 aromatic carbocycles. The van der Waals surface area contributed by atoms with Crippen LogP contribution < -0.4 is 5.73 Å². The average molecular weight is 298 g/mol. The molecule has 0 radical (unpaired) electrons. The molecule has 1 amide bonds. The van der Waals surface area contributed by atoms with Crippen LogP contribution in [0, 0.1) is 5.92 Å². The fourth-order valence-electron chi connectivity index (χ4n) is 2.38. The monoisotopic (exact) mass is 298 g/mol. The number of hydrogen-bond acceptors (Lipinski definition) is 2. The maximum Gasteiger partial charge on any atom is 0.406 e. The molecule has 0 aliphatic heterocycles. The van der Waals surface area contributed by atoms with E-state index in [-0.39, 0.29) is 12.6 Å². The molecule has 2 atom stereocenters. The Morgan fingerprint density at radius 1 is 1.24 bits per heavy atom. The number of nitrogens with zero attached hydrogens (tertiary/aromatic N) is 1. The lowest BCUT2D eigenvalue weighted by molar-refractivity contribution is -0.164. The first-order chi connectivity index (χ1) is 9.85. The van der Waals surface area contributed by atoms with Crippen molar-refractivity contribution in [2.45, 2.75) is 25.2 Å². The Morgan fingerprint density at radius 3 is 2.43 bits per heavy atom. The smallest absolute Gasteiger partial charge is 0.329 e. The fraction of sp³-hybridized carbons (Fsp3) is 0.400. The Kier molecular flexibility index (Phi) is 4.67. The number of amides is 1. The Hall–Kier alpha value is -1.82. The van der Waals surface area contributed by atoms with E-state index in [4.69, 9.17) is 5.73 Å². The molecule has 0 saturated carbocycles. The second kappa shape index (κ2) is 6.30. The third kappa shape index (κ3) is 4.60. The summed E-state index contributed by atoms with van der Waals surface area (Å²) in [6.45, 7) is -1.31. The van der Waals surface area contributed by atoms with Crippen LogP contribution in [-0.2, 0) is 11.3 Å². The zero-order valence-corrected chi connectivity index (χ0v) is 11.4. The number of hydrogen-bond donors (Lipinski definition) is 1. The van der Waals surface area contributed by atoms with Gasteiger partial charge in [-0.05, 0) is 12.0 Å². The number of benzene rings is 1. The Balaban J connectivity index is 2.12. The normalized spacial score (nSPS) is 21.5. The molecule has 114 valence electrons. The van der Waals surface area contributed by atoms with Crippen molar-refractivity contribution in [3.8, 4) is 0 Å². The number of rotatable bonds is 4. The van der Waals surface area contributed by atoms with E-state index in [1.54, 1.807) is 42.5 Å². The van der Waals surface area contributed by atoms with E-state index in [1.807, 2.05) is 0 Å². The summed E-state index contributed by atoms with van der Waals surface area (Å²) in [5.41, 5.74) is 6.33. The molecule has 1 aromatic rings. The lowest BCUT2D eigenvalue weighted by Crippen LogP contribution is -2.41. The molecule has 0 heterocycles. The summed E-state index contributed by atoms with van der Waals surface area (Å²) in [6.07, 6.45) is -0.797. The molecular weight excluding hydrogens is 281 g/mol. The second-order valence-electron chi connectivity index (χ2n) is 5.19. The van der Waals surface area contributed by atoms with Gasteiger partial charge in [0.2, 0.25) is 5.91 Å². The van der Waals surface area contributed by atoms with E-state index in [0.717, 1.165) is 4.90 Å². The molecule has 2 N–H and O–H groups in total. The van der Waals surface area contributed by atoms with E-state index >= 15 is 0 Å². The van der Waals surface area contributed by atoms with Crippen molar-refractivity contribution in [1.29, 1.82) is 0 Å². The van der Waals surface area contributed by atoms with Crippen LogP contribution in [0.4, 0.5) is 13.2 Å². The van der Waals surface area contributed by atoms with Crippen molar-refractivity contribution in [3.63, 3.8) is 0 Å². The first-order valence-electron chi connectivity index (χ1n) is 6.68. The Labute approximate surface area is 121 Å². The van der Waals surface area contributed by atoms with E-state index in [0.29, 0.717) is 12.0 Å². The van der Waals surface area contributed by atoms with Crippen molar-refractivity contribution >= 4 is 5.91 Å². The van der Waals surface area contributed by atoms with Gasteiger partial charge in [-0.3, -0.25) is 4.79 Å². The van der Waals surface area contributed by atoms with Crippen molar-refractivity contribution in [3.05, 3.63) is 48.0 Å². The Bertz CT molecular complexity index is 513.